The lowest BCUT2D eigenvalue weighted by molar-refractivity contribution is -0.144. The summed E-state index contributed by atoms with van der Waals surface area (Å²) in [5, 5.41) is 8.81. The van der Waals surface area contributed by atoms with E-state index in [2.05, 4.69) is 0 Å². The van der Waals surface area contributed by atoms with Crippen molar-refractivity contribution >= 4 is 26.7 Å². The van der Waals surface area contributed by atoms with E-state index >= 15 is 0 Å². The Morgan fingerprint density at radius 3 is 2.57 bits per heavy atom. The fourth-order valence-corrected chi connectivity index (χ4v) is 0.861. The van der Waals surface area contributed by atoms with Crippen LogP contribution < -0.4 is 0 Å². The Balaban J connectivity index is 3.57. The zero-order valence-corrected chi connectivity index (χ0v) is 8.78. The van der Waals surface area contributed by atoms with Gasteiger partial charge in [-0.15, -0.1) is 0 Å². The number of rotatable bonds is 7. The summed E-state index contributed by atoms with van der Waals surface area (Å²) in [5.41, 5.74) is 0. The number of esters is 1. The smallest absolute Gasteiger partial charge is 0.306 e. The highest BCUT2D eigenvalue weighted by Crippen LogP contribution is 2.02. The molecule has 1 N–H and O–H groups in total. The third kappa shape index (κ3) is 6.71. The van der Waals surface area contributed by atoms with E-state index in [1.807, 2.05) is 7.74 Å². The van der Waals surface area contributed by atoms with Gasteiger partial charge in [0, 0.05) is 13.0 Å². The Morgan fingerprint density at radius 1 is 1.50 bits per heavy atom. The summed E-state index contributed by atoms with van der Waals surface area (Å²) in [6, 6.07) is 0. The van der Waals surface area contributed by atoms with E-state index in [1.165, 1.54) is 6.92 Å². The highest BCUT2D eigenvalue weighted by atomic mass is 16.5. The minimum Gasteiger partial charge on any atom is -0.466 e. The van der Waals surface area contributed by atoms with Crippen molar-refractivity contribution in [1.29, 1.82) is 0 Å². The van der Waals surface area contributed by atoms with Crippen LogP contribution in [0.15, 0.2) is 0 Å². The summed E-state index contributed by atoms with van der Waals surface area (Å²) in [6.07, 6.45) is 0.367. The molecule has 0 aliphatic heterocycles. The highest BCUT2D eigenvalue weighted by Gasteiger charge is 2.10. The van der Waals surface area contributed by atoms with Crippen molar-refractivity contribution in [3.63, 3.8) is 0 Å². The molecule has 0 aromatic heterocycles. The largest absolute Gasteiger partial charge is 0.466 e. The molecule has 0 saturated carbocycles. The standard InChI is InChI=1S/C8H16B2O4/c1-6(12)2-3-8(13)14-5-7(4-11)10-9/h7,10-11H,2-5,9H2,1H3. The van der Waals surface area contributed by atoms with Crippen molar-refractivity contribution in [3.8, 4) is 0 Å². The van der Waals surface area contributed by atoms with Crippen LogP contribution in [0.4, 0.5) is 0 Å². The van der Waals surface area contributed by atoms with Gasteiger partial charge in [-0.05, 0) is 12.7 Å². The SMILES string of the molecule is BBC(CO)COC(=O)CCC(C)=O. The molecule has 0 aromatic rings. The molecular formula is C8H16B2O4. The lowest BCUT2D eigenvalue weighted by atomic mass is 9.48. The molecule has 0 saturated heterocycles. The number of hydrogen-bond donors (Lipinski definition) is 1. The van der Waals surface area contributed by atoms with E-state index in [0.29, 0.717) is 0 Å². The molecule has 0 spiro atoms. The molecule has 1 atom stereocenters. The van der Waals surface area contributed by atoms with Gasteiger partial charge in [0.2, 0.25) is 0 Å². The predicted molar refractivity (Wildman–Crippen MR) is 57.4 cm³/mol. The lowest BCUT2D eigenvalue weighted by Gasteiger charge is -2.10. The average Bonchev–Trinajstić information content (AvgIpc) is 2.16. The third-order valence-corrected chi connectivity index (χ3v) is 2.00. The maximum atomic E-state index is 11.0. The Hall–Kier alpha value is -0.770. The first kappa shape index (κ1) is 13.2. The fourth-order valence-electron chi connectivity index (χ4n) is 0.861. The van der Waals surface area contributed by atoms with Crippen LogP contribution in [-0.2, 0) is 14.3 Å². The first-order chi connectivity index (χ1) is 6.60. The summed E-state index contributed by atoms with van der Waals surface area (Å²) in [7, 11) is 2.70. The Morgan fingerprint density at radius 2 is 2.14 bits per heavy atom. The molecule has 1 unspecified atom stereocenters. The number of carbonyl (C=O) groups is 2. The van der Waals surface area contributed by atoms with Gasteiger partial charge in [0.1, 0.15) is 5.78 Å². The number of aliphatic hydroxyl groups excluding tert-OH is 1. The zero-order chi connectivity index (χ0) is 11.0. The minimum absolute atomic E-state index is 0.0104. The maximum Gasteiger partial charge on any atom is 0.306 e. The van der Waals surface area contributed by atoms with Crippen molar-refractivity contribution < 1.29 is 19.4 Å². The van der Waals surface area contributed by atoms with Gasteiger partial charge in [-0.25, -0.2) is 0 Å². The molecule has 0 bridgehead atoms. The highest BCUT2D eigenvalue weighted by molar-refractivity contribution is 6.90. The van der Waals surface area contributed by atoms with Gasteiger partial charge in [0.25, 0.3) is 0 Å². The number of hydrogen-bond acceptors (Lipinski definition) is 4. The number of carbonyl (C=O) groups excluding carboxylic acids is 2. The normalized spacial score (nSPS) is 11.9. The quantitative estimate of drug-likeness (QED) is 0.406. The van der Waals surface area contributed by atoms with E-state index in [0.717, 1.165) is 7.17 Å². The summed E-state index contributed by atoms with van der Waals surface area (Å²) in [5.74, 6) is -0.375. The van der Waals surface area contributed by atoms with Gasteiger partial charge in [-0.3, -0.25) is 4.79 Å². The Labute approximate surface area is 85.6 Å². The van der Waals surface area contributed by atoms with E-state index < -0.39 is 0 Å². The molecular weight excluding hydrogens is 182 g/mol. The summed E-state index contributed by atoms with van der Waals surface area (Å²) in [4.78, 5) is 21.6. The molecule has 0 amide bonds. The van der Waals surface area contributed by atoms with Crippen molar-refractivity contribution in [3.05, 3.63) is 0 Å². The fraction of sp³-hybridized carbons (Fsp3) is 0.750. The summed E-state index contributed by atoms with van der Waals surface area (Å²) in [6.45, 7) is 1.70. The van der Waals surface area contributed by atoms with Crippen LogP contribution in [0.3, 0.4) is 0 Å². The number of Topliss-reactive ketones (excluding diaryl/α,β-unsaturated/α-hetero) is 1. The maximum absolute atomic E-state index is 11.0. The van der Waals surface area contributed by atoms with Gasteiger partial charge in [0.15, 0.2) is 0 Å². The molecule has 4 nitrogen and oxygen atoms in total. The lowest BCUT2D eigenvalue weighted by Crippen LogP contribution is -2.18. The molecule has 0 heterocycles. The monoisotopic (exact) mass is 198 g/mol. The first-order valence-electron chi connectivity index (χ1n) is 4.86. The van der Waals surface area contributed by atoms with E-state index in [1.54, 1.807) is 0 Å². The van der Waals surface area contributed by atoms with E-state index in [9.17, 15) is 9.59 Å². The van der Waals surface area contributed by atoms with Crippen molar-refractivity contribution in [2.75, 3.05) is 13.2 Å². The molecule has 0 fully saturated rings. The van der Waals surface area contributed by atoms with Crippen LogP contribution in [-0.4, -0.2) is 45.0 Å². The van der Waals surface area contributed by atoms with Crippen molar-refractivity contribution in [1.82, 2.24) is 0 Å². The number of aliphatic hydroxyl groups is 1. The second kappa shape index (κ2) is 7.62. The van der Waals surface area contributed by atoms with Crippen LogP contribution >= 0.6 is 0 Å². The molecule has 6 heteroatoms. The van der Waals surface area contributed by atoms with Crippen LogP contribution in [0, 0.1) is 0 Å². The average molecular weight is 198 g/mol. The second-order valence-electron chi connectivity index (χ2n) is 3.34. The van der Waals surface area contributed by atoms with Crippen molar-refractivity contribution in [2.24, 2.45) is 0 Å². The van der Waals surface area contributed by atoms with Crippen LogP contribution in [0.2, 0.25) is 5.82 Å². The van der Waals surface area contributed by atoms with Crippen LogP contribution in [0.5, 0.6) is 0 Å². The van der Waals surface area contributed by atoms with Crippen LogP contribution in [0.1, 0.15) is 19.8 Å². The predicted octanol–water partition coefficient (Wildman–Crippen LogP) is -1.34. The zero-order valence-electron chi connectivity index (χ0n) is 8.78. The van der Waals surface area contributed by atoms with Gasteiger partial charge in [-0.2, -0.15) is 0 Å². The van der Waals surface area contributed by atoms with Gasteiger partial charge in [-0.1, -0.05) is 0 Å². The molecule has 14 heavy (non-hydrogen) atoms. The minimum atomic E-state index is -0.368. The molecule has 0 rings (SSSR count). The Bertz CT molecular complexity index is 192. The topological polar surface area (TPSA) is 63.6 Å². The molecule has 0 radical (unpaired) electrons. The van der Waals surface area contributed by atoms with Gasteiger partial charge >= 0.3 is 5.97 Å². The van der Waals surface area contributed by atoms with E-state index in [-0.39, 0.29) is 43.6 Å². The number of ketones is 1. The Kier molecular flexibility index (Phi) is 7.20. The van der Waals surface area contributed by atoms with E-state index in [4.69, 9.17) is 9.84 Å². The molecule has 78 valence electrons. The third-order valence-electron chi connectivity index (χ3n) is 2.00. The van der Waals surface area contributed by atoms with Crippen LogP contribution in [0.25, 0.3) is 0 Å². The number of ether oxygens (including phenoxy) is 1. The summed E-state index contributed by atoms with van der Waals surface area (Å²) >= 11 is 0. The molecule has 0 aromatic carbocycles. The van der Waals surface area contributed by atoms with Gasteiger partial charge in [0.05, 0.1) is 27.9 Å². The first-order valence-corrected chi connectivity index (χ1v) is 4.86. The second-order valence-corrected chi connectivity index (χ2v) is 3.34. The van der Waals surface area contributed by atoms with Crippen molar-refractivity contribution in [2.45, 2.75) is 25.6 Å². The van der Waals surface area contributed by atoms with Gasteiger partial charge < -0.3 is 14.6 Å². The molecule has 0 aliphatic rings. The molecule has 0 aliphatic carbocycles. The summed E-state index contributed by atoms with van der Waals surface area (Å²) < 4.78 is 4.89.